The summed E-state index contributed by atoms with van der Waals surface area (Å²) in [5.41, 5.74) is -1.97. The van der Waals surface area contributed by atoms with E-state index in [9.17, 15) is 30.0 Å². The fourth-order valence-corrected chi connectivity index (χ4v) is 10.9. The maximum atomic E-state index is 14.6. The molecule has 1 aromatic heterocycles. The van der Waals surface area contributed by atoms with Gasteiger partial charge >= 0.3 is 5.97 Å². The zero-order chi connectivity index (χ0) is 49.1. The molecule has 18 atom stereocenters. The number of aliphatic hydroxyl groups excluding tert-OH is 3. The number of benzene rings is 1. The predicted molar refractivity (Wildman–Crippen MR) is 243 cm³/mol. The molecule has 2 aromatic rings. The van der Waals surface area contributed by atoms with E-state index in [-0.39, 0.29) is 31.1 Å². The van der Waals surface area contributed by atoms with Crippen LogP contribution in [0.3, 0.4) is 0 Å². The number of methoxy groups -OCH3 is 2. The summed E-state index contributed by atoms with van der Waals surface area (Å²) in [4.78, 5) is 30.9. The number of Topliss-reactive ketones (excluding diaryl/α,β-unsaturated/α-hetero) is 1. The second-order valence-electron chi connectivity index (χ2n) is 20.2. The standard InChI is InChI=1S/C49H77N5O12/c1-14-38-49(10,60)42(57)31(6)40(55)27(2)22-48(9,62-13)44(29(4)39(30(5)45(59)65-38)37-23-47(8,61-12)43(58)32(7)64-37)66-46-41(56)36(21-28(3)63-46)53(11)20-19-35-26-54(52-51-35)25-34-17-15-33(24-50)16-18-34/h15-18,26-32,36-39,41-44,46,56-58,60H,14,19-23,25H2,1-13H3/t27-,28-,29+,30-,31+,32+,36+,37?,38-,39+,41-,42-,43+,44-,46+,47-,48-,49-/m1/s1. The first-order valence-electron chi connectivity index (χ1n) is 23.6. The Morgan fingerprint density at radius 2 is 1.59 bits per heavy atom. The molecule has 0 radical (unpaired) electrons. The van der Waals surface area contributed by atoms with Crippen LogP contribution < -0.4 is 0 Å². The van der Waals surface area contributed by atoms with Crippen LogP contribution in [0.5, 0.6) is 0 Å². The minimum Gasteiger partial charge on any atom is -0.459 e. The van der Waals surface area contributed by atoms with Crippen LogP contribution in [0.25, 0.3) is 0 Å². The van der Waals surface area contributed by atoms with Crippen LogP contribution in [0, 0.1) is 40.9 Å². The van der Waals surface area contributed by atoms with Gasteiger partial charge in [-0.2, -0.15) is 5.26 Å². The van der Waals surface area contributed by atoms with Gasteiger partial charge in [0.05, 0.1) is 71.5 Å². The van der Waals surface area contributed by atoms with Gasteiger partial charge in [-0.15, -0.1) is 5.10 Å². The molecule has 3 aliphatic heterocycles. The van der Waals surface area contributed by atoms with Gasteiger partial charge in [-0.1, -0.05) is 52.0 Å². The third-order valence-corrected chi connectivity index (χ3v) is 15.3. The first kappa shape index (κ1) is 53.5. The molecule has 1 unspecified atom stereocenters. The number of ether oxygens (including phenoxy) is 6. The largest absolute Gasteiger partial charge is 0.459 e. The topological polar surface area (TPSA) is 228 Å². The maximum absolute atomic E-state index is 14.6. The number of carbonyl (C=O) groups excluding carboxylic acids is 2. The Balaban J connectivity index is 1.49. The molecule has 0 amide bonds. The lowest BCUT2D eigenvalue weighted by atomic mass is 9.67. The number of aliphatic hydroxyl groups is 4. The van der Waals surface area contributed by atoms with Crippen molar-refractivity contribution in [3.63, 3.8) is 0 Å². The Morgan fingerprint density at radius 1 is 0.939 bits per heavy atom. The molecule has 370 valence electrons. The summed E-state index contributed by atoms with van der Waals surface area (Å²) in [5, 5.41) is 64.8. The van der Waals surface area contributed by atoms with Crippen LogP contribution in [-0.4, -0.2) is 158 Å². The zero-order valence-electron chi connectivity index (χ0n) is 41.3. The SMILES string of the molecule is CC[C@H]1OC(=O)[C@H](C)[C@@H](C2C[C@@](C)(OC)[C@@H](O)[C@H](C)O2)[C@H](C)[C@@H](O[C@@H]2O[C@H](C)C[C@H](N(C)CCc3cn(Cc4ccc(C#N)cc4)nn3)[C@H]2O)[C@](C)(OC)C[C@@H](C)C(=O)[C@H](C)[C@@H](O)[C@]1(C)O. The van der Waals surface area contributed by atoms with Crippen molar-refractivity contribution in [3.05, 3.63) is 47.3 Å². The fraction of sp³-hybridized carbons (Fsp3) is 0.776. The number of ketones is 1. The number of hydrogen-bond donors (Lipinski definition) is 4. The Kier molecular flexibility index (Phi) is 17.8. The number of nitriles is 1. The number of aromatic nitrogens is 3. The predicted octanol–water partition coefficient (Wildman–Crippen LogP) is 3.84. The van der Waals surface area contributed by atoms with E-state index < -0.39 is 107 Å². The first-order valence-corrected chi connectivity index (χ1v) is 23.6. The van der Waals surface area contributed by atoms with Gasteiger partial charge in [0.15, 0.2) is 6.29 Å². The van der Waals surface area contributed by atoms with E-state index in [0.29, 0.717) is 31.5 Å². The van der Waals surface area contributed by atoms with E-state index in [1.165, 1.54) is 21.1 Å². The summed E-state index contributed by atoms with van der Waals surface area (Å²) in [6.45, 7) is 18.4. The van der Waals surface area contributed by atoms with Crippen LogP contribution in [0.1, 0.15) is 112 Å². The third-order valence-electron chi connectivity index (χ3n) is 15.3. The number of esters is 1. The minimum atomic E-state index is -1.98. The van der Waals surface area contributed by atoms with E-state index in [2.05, 4.69) is 21.3 Å². The highest BCUT2D eigenvalue weighted by atomic mass is 16.7. The smallest absolute Gasteiger partial charge is 0.309 e. The van der Waals surface area contributed by atoms with Crippen LogP contribution in [0.4, 0.5) is 0 Å². The Labute approximate surface area is 391 Å². The molecule has 5 rings (SSSR count). The van der Waals surface area contributed by atoms with Crippen LogP contribution in [0.2, 0.25) is 0 Å². The lowest BCUT2D eigenvalue weighted by molar-refractivity contribution is -0.305. The summed E-state index contributed by atoms with van der Waals surface area (Å²) >= 11 is 0. The van der Waals surface area contributed by atoms with Crippen LogP contribution >= 0.6 is 0 Å². The maximum Gasteiger partial charge on any atom is 0.309 e. The average molecular weight is 928 g/mol. The summed E-state index contributed by atoms with van der Waals surface area (Å²) in [6.07, 6.45) is -5.40. The molecule has 66 heavy (non-hydrogen) atoms. The van der Waals surface area contributed by atoms with Gasteiger partial charge in [0.1, 0.15) is 29.7 Å². The van der Waals surface area contributed by atoms with E-state index in [4.69, 9.17) is 33.7 Å². The molecule has 3 saturated heterocycles. The number of cyclic esters (lactones) is 1. The molecule has 17 nitrogen and oxygen atoms in total. The van der Waals surface area contributed by atoms with Gasteiger partial charge < -0.3 is 53.7 Å². The Bertz CT molecular complexity index is 1960. The zero-order valence-corrected chi connectivity index (χ0v) is 41.3. The number of carbonyl (C=O) groups is 2. The Hall–Kier alpha value is -3.41. The van der Waals surface area contributed by atoms with Crippen molar-refractivity contribution in [2.24, 2.45) is 29.6 Å². The van der Waals surface area contributed by atoms with Gasteiger partial charge in [-0.25, -0.2) is 4.68 Å². The lowest BCUT2D eigenvalue weighted by Gasteiger charge is -2.52. The minimum absolute atomic E-state index is 0.100. The van der Waals surface area contributed by atoms with Gasteiger partial charge in [0, 0.05) is 63.6 Å². The van der Waals surface area contributed by atoms with Gasteiger partial charge in [-0.3, -0.25) is 9.59 Å². The molecule has 17 heteroatoms. The van der Waals surface area contributed by atoms with Crippen LogP contribution in [-0.2, 0) is 51.0 Å². The third kappa shape index (κ3) is 11.5. The molecule has 0 saturated carbocycles. The molecule has 4 heterocycles. The van der Waals surface area contributed by atoms with Gasteiger partial charge in [0.25, 0.3) is 0 Å². The molecule has 4 N–H and O–H groups in total. The average Bonchev–Trinajstić information content (AvgIpc) is 3.74. The quantitative estimate of drug-likeness (QED) is 0.222. The van der Waals surface area contributed by atoms with Gasteiger partial charge in [-0.05, 0) is 84.5 Å². The second kappa shape index (κ2) is 21.9. The normalized spacial score (nSPS) is 41.0. The summed E-state index contributed by atoms with van der Waals surface area (Å²) < 4.78 is 40.3. The van der Waals surface area contributed by atoms with Crippen molar-refractivity contribution < 1.29 is 58.4 Å². The van der Waals surface area contributed by atoms with E-state index >= 15 is 0 Å². The highest BCUT2D eigenvalue weighted by Gasteiger charge is 2.56. The highest BCUT2D eigenvalue weighted by Crippen LogP contribution is 2.46. The molecular formula is C49H77N5O12. The summed E-state index contributed by atoms with van der Waals surface area (Å²) in [6, 6.07) is 9.04. The number of likely N-dealkylation sites (N-methyl/N-ethyl adjacent to an activating group) is 1. The monoisotopic (exact) mass is 928 g/mol. The molecule has 1 aromatic carbocycles. The lowest BCUT2D eigenvalue weighted by Crippen LogP contribution is -2.62. The van der Waals surface area contributed by atoms with Gasteiger partial charge in [0.2, 0.25) is 0 Å². The molecular weight excluding hydrogens is 851 g/mol. The summed E-state index contributed by atoms with van der Waals surface area (Å²) in [5.74, 6) is -5.03. The number of hydrogen-bond acceptors (Lipinski definition) is 16. The molecule has 0 spiro atoms. The van der Waals surface area contributed by atoms with Crippen molar-refractivity contribution in [1.29, 1.82) is 5.26 Å². The fourth-order valence-electron chi connectivity index (χ4n) is 10.9. The van der Waals surface area contributed by atoms with Crippen molar-refractivity contribution >= 4 is 11.8 Å². The number of rotatable bonds is 12. The van der Waals surface area contributed by atoms with Crippen molar-refractivity contribution in [2.45, 2.75) is 186 Å². The summed E-state index contributed by atoms with van der Waals surface area (Å²) in [7, 11) is 4.99. The number of nitrogens with zero attached hydrogens (tertiary/aromatic N) is 5. The van der Waals surface area contributed by atoms with E-state index in [0.717, 1.165) is 11.3 Å². The van der Waals surface area contributed by atoms with E-state index in [1.54, 1.807) is 58.4 Å². The van der Waals surface area contributed by atoms with Crippen molar-refractivity contribution in [3.8, 4) is 6.07 Å². The van der Waals surface area contributed by atoms with Crippen LogP contribution in [0.15, 0.2) is 30.5 Å². The van der Waals surface area contributed by atoms with Crippen molar-refractivity contribution in [2.75, 3.05) is 27.8 Å². The first-order chi connectivity index (χ1) is 30.9. The van der Waals surface area contributed by atoms with Crippen molar-refractivity contribution in [1.82, 2.24) is 19.9 Å². The Morgan fingerprint density at radius 3 is 2.20 bits per heavy atom. The molecule has 3 aliphatic rings. The van der Waals surface area contributed by atoms with E-state index in [1.807, 2.05) is 46.1 Å². The molecule has 0 aliphatic carbocycles. The molecule has 0 bridgehead atoms. The second-order valence-corrected chi connectivity index (χ2v) is 20.2. The highest BCUT2D eigenvalue weighted by molar-refractivity contribution is 5.83. The molecule has 3 fully saturated rings.